The normalized spacial score (nSPS) is 17.4. The smallest absolute Gasteiger partial charge is 0.308 e. The standard InChI is InChI=1S/C31H52O3/c1-7-8-9-10-11-12-13-14-15-16-17-18-19-20-22-31(6)23-21-28-26(4)29(33-27(5)32)24(2)25(3)30(28)34-31/h7-23H2,1-6H3. The molecule has 0 radical (unpaired) electrons. The maximum atomic E-state index is 11.6. The van der Waals surface area contributed by atoms with Gasteiger partial charge in [-0.2, -0.15) is 0 Å². The molecule has 194 valence electrons. The molecule has 1 heterocycles. The Kier molecular flexibility index (Phi) is 12.5. The molecule has 1 aliphatic heterocycles. The molecule has 0 amide bonds. The Morgan fingerprint density at radius 2 is 1.29 bits per heavy atom. The van der Waals surface area contributed by atoms with Crippen molar-refractivity contribution in [3.63, 3.8) is 0 Å². The van der Waals surface area contributed by atoms with Gasteiger partial charge in [0.15, 0.2) is 0 Å². The maximum Gasteiger partial charge on any atom is 0.308 e. The van der Waals surface area contributed by atoms with E-state index in [9.17, 15) is 4.79 Å². The predicted molar refractivity (Wildman–Crippen MR) is 144 cm³/mol. The maximum absolute atomic E-state index is 11.6. The van der Waals surface area contributed by atoms with E-state index in [0.717, 1.165) is 47.5 Å². The van der Waals surface area contributed by atoms with Crippen molar-refractivity contribution in [3.8, 4) is 11.5 Å². The van der Waals surface area contributed by atoms with E-state index in [1.165, 1.54) is 102 Å². The van der Waals surface area contributed by atoms with E-state index in [0.29, 0.717) is 0 Å². The van der Waals surface area contributed by atoms with Gasteiger partial charge in [-0.25, -0.2) is 0 Å². The summed E-state index contributed by atoms with van der Waals surface area (Å²) in [6.45, 7) is 12.2. The minimum absolute atomic E-state index is 0.0866. The van der Waals surface area contributed by atoms with Crippen molar-refractivity contribution in [3.05, 3.63) is 22.3 Å². The zero-order valence-electron chi connectivity index (χ0n) is 23.2. The number of carbonyl (C=O) groups is 1. The topological polar surface area (TPSA) is 35.5 Å². The highest BCUT2D eigenvalue weighted by Crippen LogP contribution is 2.45. The van der Waals surface area contributed by atoms with Crippen LogP contribution in [-0.2, 0) is 11.2 Å². The first kappa shape index (κ1) is 28.7. The van der Waals surface area contributed by atoms with Crippen LogP contribution in [0.1, 0.15) is 146 Å². The van der Waals surface area contributed by atoms with E-state index in [-0.39, 0.29) is 11.6 Å². The lowest BCUT2D eigenvalue weighted by atomic mass is 9.84. The molecule has 3 heteroatoms. The van der Waals surface area contributed by atoms with Crippen molar-refractivity contribution in [1.29, 1.82) is 0 Å². The molecular weight excluding hydrogens is 420 g/mol. The second kappa shape index (κ2) is 14.8. The lowest BCUT2D eigenvalue weighted by Gasteiger charge is -2.38. The average Bonchev–Trinajstić information content (AvgIpc) is 2.80. The average molecular weight is 473 g/mol. The molecule has 1 aromatic carbocycles. The monoisotopic (exact) mass is 472 g/mol. The van der Waals surface area contributed by atoms with Gasteiger partial charge in [0.25, 0.3) is 0 Å². The molecule has 34 heavy (non-hydrogen) atoms. The van der Waals surface area contributed by atoms with E-state index in [1.807, 2.05) is 6.92 Å². The fourth-order valence-electron chi connectivity index (χ4n) is 5.45. The van der Waals surface area contributed by atoms with Crippen LogP contribution in [-0.4, -0.2) is 11.6 Å². The fraction of sp³-hybridized carbons (Fsp3) is 0.774. The van der Waals surface area contributed by atoms with Crippen LogP contribution in [0.5, 0.6) is 11.5 Å². The van der Waals surface area contributed by atoms with Crippen molar-refractivity contribution in [2.24, 2.45) is 0 Å². The van der Waals surface area contributed by atoms with Gasteiger partial charge >= 0.3 is 5.97 Å². The number of esters is 1. The van der Waals surface area contributed by atoms with Crippen LogP contribution in [0, 0.1) is 20.8 Å². The molecule has 0 aromatic heterocycles. The van der Waals surface area contributed by atoms with Gasteiger partial charge in [-0.1, -0.05) is 90.4 Å². The summed E-state index contributed by atoms with van der Waals surface area (Å²) >= 11 is 0. The Balaban J connectivity index is 1.66. The number of hydrogen-bond donors (Lipinski definition) is 0. The van der Waals surface area contributed by atoms with E-state index in [2.05, 4.69) is 27.7 Å². The van der Waals surface area contributed by atoms with E-state index in [4.69, 9.17) is 9.47 Å². The lowest BCUT2D eigenvalue weighted by molar-refractivity contribution is -0.132. The molecule has 3 nitrogen and oxygen atoms in total. The molecule has 2 rings (SSSR count). The number of benzene rings is 1. The molecule has 0 spiro atoms. The lowest BCUT2D eigenvalue weighted by Crippen LogP contribution is -2.37. The Hall–Kier alpha value is -1.51. The molecule has 0 saturated heterocycles. The minimum Gasteiger partial charge on any atom is -0.487 e. The molecule has 0 fully saturated rings. The SMILES string of the molecule is CCCCCCCCCCCCCCCCC1(C)CCc2c(C)c(OC(C)=O)c(C)c(C)c2O1. The molecule has 1 aromatic rings. The fourth-order valence-corrected chi connectivity index (χ4v) is 5.45. The highest BCUT2D eigenvalue weighted by atomic mass is 16.5. The summed E-state index contributed by atoms with van der Waals surface area (Å²) in [5.74, 6) is 1.50. The number of ether oxygens (including phenoxy) is 2. The largest absolute Gasteiger partial charge is 0.487 e. The minimum atomic E-state index is -0.259. The quantitative estimate of drug-likeness (QED) is 0.136. The summed E-state index contributed by atoms with van der Waals surface area (Å²) in [4.78, 5) is 11.6. The van der Waals surface area contributed by atoms with Gasteiger partial charge in [0.2, 0.25) is 0 Å². The van der Waals surface area contributed by atoms with Crippen LogP contribution in [0.25, 0.3) is 0 Å². The van der Waals surface area contributed by atoms with Crippen molar-refractivity contribution >= 4 is 5.97 Å². The van der Waals surface area contributed by atoms with Crippen molar-refractivity contribution in [2.75, 3.05) is 0 Å². The van der Waals surface area contributed by atoms with E-state index in [1.54, 1.807) is 0 Å². The van der Waals surface area contributed by atoms with Crippen LogP contribution < -0.4 is 9.47 Å². The van der Waals surface area contributed by atoms with Crippen LogP contribution in [0.3, 0.4) is 0 Å². The highest BCUT2D eigenvalue weighted by Gasteiger charge is 2.34. The summed E-state index contributed by atoms with van der Waals surface area (Å²) in [7, 11) is 0. The number of fused-ring (bicyclic) bond motifs is 1. The summed E-state index contributed by atoms with van der Waals surface area (Å²) < 4.78 is 12.2. The van der Waals surface area contributed by atoms with E-state index < -0.39 is 0 Å². The second-order valence-electron chi connectivity index (χ2n) is 11.0. The number of rotatable bonds is 16. The number of hydrogen-bond acceptors (Lipinski definition) is 3. The third-order valence-electron chi connectivity index (χ3n) is 7.87. The molecule has 0 bridgehead atoms. The van der Waals surface area contributed by atoms with Crippen molar-refractivity contribution < 1.29 is 14.3 Å². The van der Waals surface area contributed by atoms with Gasteiger partial charge in [0.05, 0.1) is 0 Å². The molecule has 0 N–H and O–H groups in total. The second-order valence-corrected chi connectivity index (χ2v) is 11.0. The first-order chi connectivity index (χ1) is 16.3. The third-order valence-corrected chi connectivity index (χ3v) is 7.87. The van der Waals surface area contributed by atoms with Gasteiger partial charge in [-0.15, -0.1) is 0 Å². The van der Waals surface area contributed by atoms with Gasteiger partial charge in [0, 0.05) is 12.5 Å². The number of unbranched alkanes of at least 4 members (excludes halogenated alkanes) is 13. The van der Waals surface area contributed by atoms with Crippen LogP contribution in [0.4, 0.5) is 0 Å². The first-order valence-electron chi connectivity index (χ1n) is 14.3. The zero-order valence-corrected chi connectivity index (χ0v) is 23.2. The molecule has 1 atom stereocenters. The summed E-state index contributed by atoms with van der Waals surface area (Å²) in [5.41, 5.74) is 4.33. The van der Waals surface area contributed by atoms with Gasteiger partial charge in [0.1, 0.15) is 17.1 Å². The molecular formula is C31H52O3. The van der Waals surface area contributed by atoms with Crippen molar-refractivity contribution in [1.82, 2.24) is 0 Å². The first-order valence-corrected chi connectivity index (χ1v) is 14.3. The Morgan fingerprint density at radius 1 is 0.794 bits per heavy atom. The predicted octanol–water partition coefficient (Wildman–Crippen LogP) is 9.49. The highest BCUT2D eigenvalue weighted by molar-refractivity contribution is 5.72. The Bertz CT molecular complexity index is 767. The summed E-state index contributed by atoms with van der Waals surface area (Å²) in [5, 5.41) is 0. The summed E-state index contributed by atoms with van der Waals surface area (Å²) in [6.07, 6.45) is 22.6. The Morgan fingerprint density at radius 3 is 1.79 bits per heavy atom. The van der Waals surface area contributed by atoms with Crippen LogP contribution in [0.2, 0.25) is 0 Å². The molecule has 0 saturated carbocycles. The number of carbonyl (C=O) groups excluding carboxylic acids is 1. The van der Waals surface area contributed by atoms with Gasteiger partial charge < -0.3 is 9.47 Å². The molecule has 1 unspecified atom stereocenters. The zero-order chi connectivity index (χ0) is 25.0. The van der Waals surface area contributed by atoms with Crippen molar-refractivity contribution in [2.45, 2.75) is 156 Å². The van der Waals surface area contributed by atoms with E-state index >= 15 is 0 Å². The van der Waals surface area contributed by atoms with Gasteiger partial charge in [-0.3, -0.25) is 4.79 Å². The molecule has 1 aliphatic rings. The third kappa shape index (κ3) is 8.93. The Labute approximate surface area is 210 Å². The van der Waals surface area contributed by atoms with Crippen LogP contribution >= 0.6 is 0 Å². The molecule has 0 aliphatic carbocycles. The summed E-state index contributed by atoms with van der Waals surface area (Å²) in [6, 6.07) is 0. The van der Waals surface area contributed by atoms with Crippen LogP contribution in [0.15, 0.2) is 0 Å². The van der Waals surface area contributed by atoms with Gasteiger partial charge in [-0.05, 0) is 70.1 Å².